The second-order valence-corrected chi connectivity index (χ2v) is 5.82. The molecule has 2 aliphatic rings. The molecule has 16 heavy (non-hydrogen) atoms. The number of hydrogen-bond acceptors (Lipinski definition) is 2. The molecule has 1 aliphatic heterocycles. The minimum atomic E-state index is 0.744. The summed E-state index contributed by atoms with van der Waals surface area (Å²) < 4.78 is 0. The van der Waals surface area contributed by atoms with E-state index in [1.165, 1.54) is 58.2 Å². The Morgan fingerprint density at radius 1 is 1.25 bits per heavy atom. The second-order valence-electron chi connectivity index (χ2n) is 5.82. The van der Waals surface area contributed by atoms with Gasteiger partial charge in [-0.2, -0.15) is 0 Å². The molecule has 0 spiro atoms. The Balaban J connectivity index is 1.71. The van der Waals surface area contributed by atoms with Gasteiger partial charge in [-0.3, -0.25) is 4.90 Å². The van der Waals surface area contributed by atoms with Gasteiger partial charge in [-0.15, -0.1) is 0 Å². The summed E-state index contributed by atoms with van der Waals surface area (Å²) in [6.07, 6.45) is 8.58. The molecule has 1 aliphatic carbocycles. The normalized spacial score (nSPS) is 32.6. The average molecular weight is 224 g/mol. The van der Waals surface area contributed by atoms with Crippen LogP contribution in [0.5, 0.6) is 0 Å². The molecule has 2 nitrogen and oxygen atoms in total. The lowest BCUT2D eigenvalue weighted by Gasteiger charge is -2.40. The van der Waals surface area contributed by atoms with Crippen LogP contribution in [0.4, 0.5) is 0 Å². The fraction of sp³-hybridized carbons (Fsp3) is 1.00. The van der Waals surface area contributed by atoms with E-state index in [1.807, 2.05) is 0 Å². The summed E-state index contributed by atoms with van der Waals surface area (Å²) in [5.41, 5.74) is 0. The molecule has 0 bridgehead atoms. The van der Waals surface area contributed by atoms with Gasteiger partial charge in [0.1, 0.15) is 0 Å². The maximum absolute atomic E-state index is 3.67. The van der Waals surface area contributed by atoms with E-state index in [0.717, 1.165) is 18.0 Å². The SMILES string of the molecule is CCCC1CN(CCC2CCC2)C(C)CN1. The Labute approximate surface area is 101 Å². The lowest BCUT2D eigenvalue weighted by Crippen LogP contribution is -2.55. The van der Waals surface area contributed by atoms with E-state index in [2.05, 4.69) is 24.1 Å². The molecular weight excluding hydrogens is 196 g/mol. The van der Waals surface area contributed by atoms with Crippen molar-refractivity contribution < 1.29 is 0 Å². The molecule has 0 amide bonds. The smallest absolute Gasteiger partial charge is 0.0195 e. The molecule has 0 radical (unpaired) electrons. The van der Waals surface area contributed by atoms with Crippen molar-refractivity contribution >= 4 is 0 Å². The average Bonchev–Trinajstić information content (AvgIpc) is 2.21. The second kappa shape index (κ2) is 6.02. The van der Waals surface area contributed by atoms with Gasteiger partial charge in [-0.25, -0.2) is 0 Å². The number of nitrogens with zero attached hydrogens (tertiary/aromatic N) is 1. The zero-order valence-electron chi connectivity index (χ0n) is 11.0. The van der Waals surface area contributed by atoms with Crippen molar-refractivity contribution in [1.82, 2.24) is 10.2 Å². The molecule has 2 fully saturated rings. The summed E-state index contributed by atoms with van der Waals surface area (Å²) in [5, 5.41) is 3.67. The summed E-state index contributed by atoms with van der Waals surface area (Å²) in [6, 6.07) is 1.50. The molecule has 0 aromatic rings. The highest BCUT2D eigenvalue weighted by molar-refractivity contribution is 4.84. The lowest BCUT2D eigenvalue weighted by molar-refractivity contribution is 0.119. The van der Waals surface area contributed by atoms with E-state index in [1.54, 1.807) is 0 Å². The van der Waals surface area contributed by atoms with Gasteiger partial charge < -0.3 is 5.32 Å². The van der Waals surface area contributed by atoms with Gasteiger partial charge in [-0.05, 0) is 32.2 Å². The third kappa shape index (κ3) is 3.21. The van der Waals surface area contributed by atoms with Crippen molar-refractivity contribution in [3.63, 3.8) is 0 Å². The van der Waals surface area contributed by atoms with Gasteiger partial charge in [0.2, 0.25) is 0 Å². The Bertz CT molecular complexity index is 201. The minimum absolute atomic E-state index is 0.744. The van der Waals surface area contributed by atoms with Gasteiger partial charge in [0.25, 0.3) is 0 Å². The summed E-state index contributed by atoms with van der Waals surface area (Å²) in [5.74, 6) is 1.06. The van der Waals surface area contributed by atoms with Crippen molar-refractivity contribution in [2.75, 3.05) is 19.6 Å². The predicted molar refractivity (Wildman–Crippen MR) is 69.7 cm³/mol. The van der Waals surface area contributed by atoms with Crippen molar-refractivity contribution in [1.29, 1.82) is 0 Å². The van der Waals surface area contributed by atoms with Crippen LogP contribution in [0.15, 0.2) is 0 Å². The van der Waals surface area contributed by atoms with Crippen LogP contribution in [0, 0.1) is 5.92 Å². The van der Waals surface area contributed by atoms with Crippen LogP contribution in [0.25, 0.3) is 0 Å². The molecule has 2 unspecified atom stereocenters. The third-order valence-corrected chi connectivity index (χ3v) is 4.47. The first-order valence-electron chi connectivity index (χ1n) is 7.27. The number of nitrogens with one attached hydrogen (secondary N) is 1. The number of piperazine rings is 1. The van der Waals surface area contributed by atoms with Crippen molar-refractivity contribution in [2.24, 2.45) is 5.92 Å². The molecule has 1 heterocycles. The zero-order valence-corrected chi connectivity index (χ0v) is 11.0. The predicted octanol–water partition coefficient (Wildman–Crippen LogP) is 2.64. The van der Waals surface area contributed by atoms with Gasteiger partial charge in [0, 0.05) is 25.2 Å². The van der Waals surface area contributed by atoms with Gasteiger partial charge >= 0.3 is 0 Å². The highest BCUT2D eigenvalue weighted by atomic mass is 15.2. The Kier molecular flexibility index (Phi) is 4.66. The van der Waals surface area contributed by atoms with E-state index >= 15 is 0 Å². The highest BCUT2D eigenvalue weighted by Crippen LogP contribution is 2.29. The summed E-state index contributed by atoms with van der Waals surface area (Å²) in [4.78, 5) is 2.72. The van der Waals surface area contributed by atoms with E-state index in [-0.39, 0.29) is 0 Å². The first-order valence-corrected chi connectivity index (χ1v) is 7.27. The first-order chi connectivity index (χ1) is 7.79. The van der Waals surface area contributed by atoms with E-state index < -0.39 is 0 Å². The van der Waals surface area contributed by atoms with Gasteiger partial charge in [-0.1, -0.05) is 32.6 Å². The summed E-state index contributed by atoms with van der Waals surface area (Å²) in [7, 11) is 0. The molecule has 0 aromatic heterocycles. The van der Waals surface area contributed by atoms with Crippen LogP contribution in [0.1, 0.15) is 52.4 Å². The van der Waals surface area contributed by atoms with Crippen molar-refractivity contribution in [3.8, 4) is 0 Å². The first kappa shape index (κ1) is 12.4. The number of rotatable bonds is 5. The van der Waals surface area contributed by atoms with E-state index in [0.29, 0.717) is 0 Å². The van der Waals surface area contributed by atoms with Crippen LogP contribution >= 0.6 is 0 Å². The van der Waals surface area contributed by atoms with Crippen molar-refractivity contribution in [2.45, 2.75) is 64.5 Å². The van der Waals surface area contributed by atoms with Crippen LogP contribution in [0.2, 0.25) is 0 Å². The van der Waals surface area contributed by atoms with Crippen LogP contribution in [-0.2, 0) is 0 Å². The van der Waals surface area contributed by atoms with Crippen LogP contribution in [0.3, 0.4) is 0 Å². The molecule has 1 saturated heterocycles. The molecule has 1 saturated carbocycles. The standard InChI is InChI=1S/C14H28N2/c1-3-5-14-11-16(12(2)10-15-14)9-8-13-6-4-7-13/h12-15H,3-11H2,1-2H3. The number of hydrogen-bond donors (Lipinski definition) is 1. The summed E-state index contributed by atoms with van der Waals surface area (Å²) >= 11 is 0. The highest BCUT2D eigenvalue weighted by Gasteiger charge is 2.25. The largest absolute Gasteiger partial charge is 0.311 e. The Morgan fingerprint density at radius 3 is 2.69 bits per heavy atom. The van der Waals surface area contributed by atoms with Crippen LogP contribution < -0.4 is 5.32 Å². The maximum Gasteiger partial charge on any atom is 0.0195 e. The van der Waals surface area contributed by atoms with Gasteiger partial charge in [0.05, 0.1) is 0 Å². The fourth-order valence-corrected chi connectivity index (χ4v) is 2.98. The molecule has 2 rings (SSSR count). The fourth-order valence-electron chi connectivity index (χ4n) is 2.98. The maximum atomic E-state index is 3.67. The van der Waals surface area contributed by atoms with Crippen molar-refractivity contribution in [3.05, 3.63) is 0 Å². The molecule has 1 N–H and O–H groups in total. The lowest BCUT2D eigenvalue weighted by atomic mass is 9.83. The molecule has 2 heteroatoms. The zero-order chi connectivity index (χ0) is 11.4. The van der Waals surface area contributed by atoms with Crippen LogP contribution in [-0.4, -0.2) is 36.6 Å². The van der Waals surface area contributed by atoms with E-state index in [9.17, 15) is 0 Å². The Morgan fingerprint density at radius 2 is 2.06 bits per heavy atom. The molecule has 0 aromatic carbocycles. The topological polar surface area (TPSA) is 15.3 Å². The third-order valence-electron chi connectivity index (χ3n) is 4.47. The summed E-state index contributed by atoms with van der Waals surface area (Å²) in [6.45, 7) is 8.47. The Hall–Kier alpha value is -0.0800. The molecular formula is C14H28N2. The minimum Gasteiger partial charge on any atom is -0.311 e. The van der Waals surface area contributed by atoms with Gasteiger partial charge in [0.15, 0.2) is 0 Å². The quantitative estimate of drug-likeness (QED) is 0.772. The van der Waals surface area contributed by atoms with E-state index in [4.69, 9.17) is 0 Å². The molecule has 94 valence electrons. The molecule has 2 atom stereocenters. The monoisotopic (exact) mass is 224 g/mol.